The van der Waals surface area contributed by atoms with Crippen LogP contribution in [0.1, 0.15) is 32.3 Å². The number of fused-ring (bicyclic) bond motifs is 3. The monoisotopic (exact) mass is 406 g/mol. The molecule has 6 nitrogen and oxygen atoms in total. The van der Waals surface area contributed by atoms with Crippen molar-refractivity contribution in [3.63, 3.8) is 0 Å². The molecule has 7 heteroatoms. The molecule has 148 valence electrons. The van der Waals surface area contributed by atoms with Gasteiger partial charge in [-0.3, -0.25) is 14.6 Å². The summed E-state index contributed by atoms with van der Waals surface area (Å²) in [6, 6.07) is 16.6. The van der Waals surface area contributed by atoms with Crippen molar-refractivity contribution in [1.29, 1.82) is 0 Å². The van der Waals surface area contributed by atoms with Gasteiger partial charge in [0.25, 0.3) is 5.91 Å². The number of para-hydroxylation sites is 2. The van der Waals surface area contributed by atoms with Gasteiger partial charge < -0.3 is 5.32 Å². The molecular formula is C22H22N4O2S. The number of rotatable bonds is 5. The standard InChI is InChI=1S/C22H22N4O2S/c1-3-9-18-21(28)26-19(24-18)16-12-7-8-13-17(16)25-22(26)29-14(2)20(27)23-15-10-5-4-6-11-15/h4-8,10-14,18H,3,9H2,1-2H3,(H,23,27)/t14-,18-/m0/s1. The number of hydrogen-bond donors (Lipinski definition) is 1. The lowest BCUT2D eigenvalue weighted by Gasteiger charge is -2.26. The SMILES string of the molecule is CCC[C@@H]1N=C2c3ccccc3N=C(S[C@@H](C)C(=O)Nc3ccccc3)N2C1=O. The van der Waals surface area contributed by atoms with Crippen LogP contribution in [0.25, 0.3) is 0 Å². The first-order valence-electron chi connectivity index (χ1n) is 9.71. The zero-order valence-corrected chi connectivity index (χ0v) is 17.1. The van der Waals surface area contributed by atoms with Crippen molar-refractivity contribution < 1.29 is 9.59 Å². The molecule has 0 unspecified atom stereocenters. The molecule has 0 aliphatic carbocycles. The Morgan fingerprint density at radius 1 is 1.17 bits per heavy atom. The maximum atomic E-state index is 13.0. The Morgan fingerprint density at radius 3 is 2.66 bits per heavy atom. The third-order valence-corrected chi connectivity index (χ3v) is 5.85. The molecule has 29 heavy (non-hydrogen) atoms. The van der Waals surface area contributed by atoms with Crippen LogP contribution in [0.5, 0.6) is 0 Å². The van der Waals surface area contributed by atoms with Gasteiger partial charge >= 0.3 is 0 Å². The van der Waals surface area contributed by atoms with E-state index < -0.39 is 5.25 Å². The zero-order chi connectivity index (χ0) is 20.4. The van der Waals surface area contributed by atoms with E-state index in [0.717, 1.165) is 23.4 Å². The number of carbonyl (C=O) groups is 2. The highest BCUT2D eigenvalue weighted by atomic mass is 32.2. The van der Waals surface area contributed by atoms with Crippen LogP contribution in [0.3, 0.4) is 0 Å². The topological polar surface area (TPSA) is 74.1 Å². The van der Waals surface area contributed by atoms with E-state index in [9.17, 15) is 9.59 Å². The van der Waals surface area contributed by atoms with E-state index in [1.807, 2.05) is 68.4 Å². The fourth-order valence-corrected chi connectivity index (χ4v) is 4.23. The van der Waals surface area contributed by atoms with Gasteiger partial charge in [-0.2, -0.15) is 0 Å². The molecule has 4 rings (SSSR count). The molecule has 1 N–H and O–H groups in total. The molecule has 2 heterocycles. The third kappa shape index (κ3) is 3.82. The first-order valence-corrected chi connectivity index (χ1v) is 10.6. The minimum atomic E-state index is -0.432. The zero-order valence-electron chi connectivity index (χ0n) is 16.3. The number of aliphatic imine (C=N–C) groups is 2. The van der Waals surface area contributed by atoms with E-state index in [2.05, 4.69) is 10.3 Å². The minimum Gasteiger partial charge on any atom is -0.325 e. The van der Waals surface area contributed by atoms with Crippen LogP contribution < -0.4 is 5.32 Å². The molecule has 0 spiro atoms. The highest BCUT2D eigenvalue weighted by molar-refractivity contribution is 8.15. The van der Waals surface area contributed by atoms with Crippen LogP contribution in [0, 0.1) is 0 Å². The second kappa shape index (κ2) is 8.21. The molecule has 2 aromatic carbocycles. The average Bonchev–Trinajstić information content (AvgIpc) is 3.06. The van der Waals surface area contributed by atoms with Crippen LogP contribution in [0.4, 0.5) is 11.4 Å². The van der Waals surface area contributed by atoms with Gasteiger partial charge in [0.2, 0.25) is 5.91 Å². The number of anilines is 1. The molecule has 2 aliphatic heterocycles. The molecule has 0 aromatic heterocycles. The Hall–Kier alpha value is -2.93. The number of amidine groups is 2. The summed E-state index contributed by atoms with van der Waals surface area (Å²) in [4.78, 5) is 36.6. The maximum absolute atomic E-state index is 13.0. The van der Waals surface area contributed by atoms with Gasteiger partial charge in [0.15, 0.2) is 5.17 Å². The average molecular weight is 407 g/mol. The van der Waals surface area contributed by atoms with Crippen molar-refractivity contribution >= 4 is 46.0 Å². The predicted molar refractivity (Wildman–Crippen MR) is 118 cm³/mol. The van der Waals surface area contributed by atoms with Crippen molar-refractivity contribution in [2.24, 2.45) is 9.98 Å². The fourth-order valence-electron chi connectivity index (χ4n) is 3.32. The molecule has 0 bridgehead atoms. The van der Waals surface area contributed by atoms with E-state index in [4.69, 9.17) is 4.99 Å². The van der Waals surface area contributed by atoms with Crippen molar-refractivity contribution in [1.82, 2.24) is 4.90 Å². The fraction of sp³-hybridized carbons (Fsp3) is 0.273. The van der Waals surface area contributed by atoms with E-state index in [-0.39, 0.29) is 17.9 Å². The predicted octanol–water partition coefficient (Wildman–Crippen LogP) is 4.21. The third-order valence-electron chi connectivity index (χ3n) is 4.80. The molecule has 0 saturated carbocycles. The number of hydrogen-bond acceptors (Lipinski definition) is 5. The molecule has 2 atom stereocenters. The second-order valence-corrected chi connectivity index (χ2v) is 8.27. The maximum Gasteiger partial charge on any atom is 0.259 e. The van der Waals surface area contributed by atoms with Gasteiger partial charge in [0.05, 0.1) is 10.9 Å². The highest BCUT2D eigenvalue weighted by Gasteiger charge is 2.41. The molecule has 0 fully saturated rings. The summed E-state index contributed by atoms with van der Waals surface area (Å²) in [6.45, 7) is 3.85. The first-order chi connectivity index (χ1) is 14.1. The van der Waals surface area contributed by atoms with Gasteiger partial charge in [0.1, 0.15) is 11.9 Å². The number of benzene rings is 2. The number of nitrogens with zero attached hydrogens (tertiary/aromatic N) is 3. The van der Waals surface area contributed by atoms with Gasteiger partial charge in [-0.15, -0.1) is 0 Å². The lowest BCUT2D eigenvalue weighted by atomic mass is 10.1. The van der Waals surface area contributed by atoms with Gasteiger partial charge in [-0.1, -0.05) is 55.4 Å². The van der Waals surface area contributed by atoms with Crippen molar-refractivity contribution in [3.8, 4) is 0 Å². The summed E-state index contributed by atoms with van der Waals surface area (Å²) < 4.78 is 0. The van der Waals surface area contributed by atoms with Gasteiger partial charge in [0, 0.05) is 11.3 Å². The number of thioether (sulfide) groups is 1. The highest BCUT2D eigenvalue weighted by Crippen LogP contribution is 2.35. The summed E-state index contributed by atoms with van der Waals surface area (Å²) in [5.74, 6) is 0.425. The van der Waals surface area contributed by atoms with Crippen LogP contribution in [-0.2, 0) is 9.59 Å². The summed E-state index contributed by atoms with van der Waals surface area (Å²) in [7, 11) is 0. The second-order valence-electron chi connectivity index (χ2n) is 6.96. The lowest BCUT2D eigenvalue weighted by molar-refractivity contribution is -0.124. The molecular weight excluding hydrogens is 384 g/mol. The van der Waals surface area contributed by atoms with Crippen LogP contribution in [0.15, 0.2) is 64.6 Å². The number of amides is 2. The molecule has 0 saturated heterocycles. The smallest absolute Gasteiger partial charge is 0.259 e. The quantitative estimate of drug-likeness (QED) is 0.808. The van der Waals surface area contributed by atoms with E-state index in [1.165, 1.54) is 11.8 Å². The van der Waals surface area contributed by atoms with Crippen LogP contribution >= 0.6 is 11.8 Å². The number of carbonyl (C=O) groups excluding carboxylic acids is 2. The molecule has 2 aliphatic rings. The van der Waals surface area contributed by atoms with Crippen molar-refractivity contribution in [3.05, 3.63) is 60.2 Å². The summed E-state index contributed by atoms with van der Waals surface area (Å²) in [5, 5.41) is 2.97. The van der Waals surface area contributed by atoms with Gasteiger partial charge in [-0.25, -0.2) is 9.89 Å². The van der Waals surface area contributed by atoms with E-state index in [1.54, 1.807) is 4.90 Å². The van der Waals surface area contributed by atoms with Crippen LogP contribution in [0.2, 0.25) is 0 Å². The number of nitrogens with one attached hydrogen (secondary N) is 1. The van der Waals surface area contributed by atoms with Gasteiger partial charge in [-0.05, 0) is 37.6 Å². The van der Waals surface area contributed by atoms with E-state index in [0.29, 0.717) is 17.4 Å². The largest absolute Gasteiger partial charge is 0.325 e. The lowest BCUT2D eigenvalue weighted by Crippen LogP contribution is -2.42. The molecule has 2 amide bonds. The normalized spacial score (nSPS) is 18.5. The summed E-state index contributed by atoms with van der Waals surface area (Å²) >= 11 is 1.27. The Labute approximate surface area is 174 Å². The Balaban J connectivity index is 1.59. The first kappa shape index (κ1) is 19.4. The van der Waals surface area contributed by atoms with Crippen LogP contribution in [-0.4, -0.2) is 39.0 Å². The Bertz CT molecular complexity index is 1000. The summed E-state index contributed by atoms with van der Waals surface area (Å²) in [6.07, 6.45) is 1.57. The molecule has 0 radical (unpaired) electrons. The van der Waals surface area contributed by atoms with Crippen molar-refractivity contribution in [2.45, 2.75) is 38.0 Å². The Morgan fingerprint density at radius 2 is 1.90 bits per heavy atom. The summed E-state index contributed by atoms with van der Waals surface area (Å²) in [5.41, 5.74) is 2.36. The minimum absolute atomic E-state index is 0.0710. The molecule has 2 aromatic rings. The van der Waals surface area contributed by atoms with E-state index >= 15 is 0 Å². The van der Waals surface area contributed by atoms with Crippen molar-refractivity contribution in [2.75, 3.05) is 5.32 Å². The Kier molecular flexibility index (Phi) is 5.49.